The molecule has 1 fully saturated rings. The molecule has 4 rings (SSSR count). The largest absolute Gasteiger partial charge is 0.497 e. The Hall–Kier alpha value is -2.68. The van der Waals surface area contributed by atoms with Gasteiger partial charge in [0.25, 0.3) is 5.91 Å². The highest BCUT2D eigenvalue weighted by molar-refractivity contribution is 7.14. The van der Waals surface area contributed by atoms with Crippen molar-refractivity contribution in [2.75, 3.05) is 51.4 Å². The van der Waals surface area contributed by atoms with Crippen molar-refractivity contribution in [1.29, 1.82) is 0 Å². The second-order valence-electron chi connectivity index (χ2n) is 8.35. The highest BCUT2D eigenvalue weighted by Crippen LogP contribution is 2.30. The molecule has 1 aromatic carbocycles. The third-order valence-electron chi connectivity index (χ3n) is 6.32. The van der Waals surface area contributed by atoms with Gasteiger partial charge in [-0.05, 0) is 50.6 Å². The Labute approximate surface area is 199 Å². The molecule has 1 aliphatic heterocycles. The summed E-state index contributed by atoms with van der Waals surface area (Å²) >= 11 is 1.51. The molecule has 8 heteroatoms. The molecule has 0 atom stereocenters. The Bertz CT molecular complexity index is 1080. The van der Waals surface area contributed by atoms with Gasteiger partial charge in [0, 0.05) is 55.6 Å². The van der Waals surface area contributed by atoms with E-state index in [-0.39, 0.29) is 5.91 Å². The van der Waals surface area contributed by atoms with Gasteiger partial charge in [0.2, 0.25) is 0 Å². The zero-order valence-electron chi connectivity index (χ0n) is 19.8. The first-order valence-electron chi connectivity index (χ1n) is 11.3. The van der Waals surface area contributed by atoms with Gasteiger partial charge in [-0.25, -0.2) is 4.98 Å². The molecule has 0 spiro atoms. The zero-order valence-corrected chi connectivity index (χ0v) is 20.7. The lowest BCUT2D eigenvalue weighted by molar-refractivity contribution is 0.0376. The van der Waals surface area contributed by atoms with Gasteiger partial charge in [-0.3, -0.25) is 14.6 Å². The maximum Gasteiger partial charge on any atom is 0.261 e. The number of rotatable bonds is 8. The molecule has 1 aliphatic rings. The Morgan fingerprint density at radius 2 is 1.94 bits per heavy atom. The van der Waals surface area contributed by atoms with Crippen molar-refractivity contribution in [2.24, 2.45) is 7.05 Å². The number of thiazole rings is 1. The molecule has 2 aromatic heterocycles. The van der Waals surface area contributed by atoms with E-state index in [0.29, 0.717) is 6.54 Å². The molecule has 0 N–H and O–H groups in total. The third-order valence-corrected chi connectivity index (χ3v) is 7.18. The Morgan fingerprint density at radius 3 is 2.58 bits per heavy atom. The molecule has 33 heavy (non-hydrogen) atoms. The maximum atomic E-state index is 13.7. The summed E-state index contributed by atoms with van der Waals surface area (Å²) in [5, 5.41) is 2.75. The standard InChI is InChI=1S/C25H32N4O3S/c1-18-16-22(19(2)27(18)3)24(30)29(11-5-10-28-12-14-32-15-13-28)25-26-23(17-33-25)20-6-8-21(31-4)9-7-20/h6-9,16-17H,5,10-15H2,1-4H3. The molecule has 0 saturated carbocycles. The highest BCUT2D eigenvalue weighted by Gasteiger charge is 2.24. The number of carbonyl (C=O) groups is 1. The van der Waals surface area contributed by atoms with E-state index in [2.05, 4.69) is 9.47 Å². The van der Waals surface area contributed by atoms with Crippen molar-refractivity contribution in [3.8, 4) is 17.0 Å². The van der Waals surface area contributed by atoms with Crippen LogP contribution in [0.15, 0.2) is 35.7 Å². The van der Waals surface area contributed by atoms with E-state index in [1.807, 2.05) is 61.5 Å². The number of methoxy groups -OCH3 is 1. The molecular formula is C25H32N4O3S. The normalized spacial score (nSPS) is 14.4. The van der Waals surface area contributed by atoms with Crippen LogP contribution in [0, 0.1) is 13.8 Å². The van der Waals surface area contributed by atoms with E-state index >= 15 is 0 Å². The van der Waals surface area contributed by atoms with Crippen LogP contribution in [0.5, 0.6) is 5.75 Å². The molecule has 7 nitrogen and oxygen atoms in total. The van der Waals surface area contributed by atoms with Crippen LogP contribution in [0.1, 0.15) is 28.2 Å². The number of aryl methyl sites for hydroxylation is 1. The third kappa shape index (κ3) is 5.29. The molecule has 0 aliphatic carbocycles. The predicted molar refractivity (Wildman–Crippen MR) is 133 cm³/mol. The van der Waals surface area contributed by atoms with Crippen LogP contribution in [-0.2, 0) is 11.8 Å². The number of hydrogen-bond acceptors (Lipinski definition) is 6. The van der Waals surface area contributed by atoms with Gasteiger partial charge in [-0.15, -0.1) is 11.3 Å². The lowest BCUT2D eigenvalue weighted by Crippen LogP contribution is -2.39. The first-order chi connectivity index (χ1) is 16.0. The number of nitrogens with zero attached hydrogens (tertiary/aromatic N) is 4. The summed E-state index contributed by atoms with van der Waals surface area (Å²) in [5.74, 6) is 0.817. The van der Waals surface area contributed by atoms with Crippen molar-refractivity contribution in [3.05, 3.63) is 52.7 Å². The van der Waals surface area contributed by atoms with Gasteiger partial charge < -0.3 is 14.0 Å². The van der Waals surface area contributed by atoms with Gasteiger partial charge >= 0.3 is 0 Å². The molecule has 0 bridgehead atoms. The van der Waals surface area contributed by atoms with E-state index in [4.69, 9.17) is 14.5 Å². The number of ether oxygens (including phenoxy) is 2. The topological polar surface area (TPSA) is 59.8 Å². The zero-order chi connectivity index (χ0) is 23.4. The van der Waals surface area contributed by atoms with Crippen LogP contribution >= 0.6 is 11.3 Å². The van der Waals surface area contributed by atoms with E-state index in [0.717, 1.165) is 78.4 Å². The molecular weight excluding hydrogens is 436 g/mol. The van der Waals surface area contributed by atoms with Gasteiger partial charge in [0.15, 0.2) is 5.13 Å². The fraction of sp³-hybridized carbons (Fsp3) is 0.440. The predicted octanol–water partition coefficient (Wildman–Crippen LogP) is 4.14. The molecule has 0 radical (unpaired) electrons. The smallest absolute Gasteiger partial charge is 0.261 e. The van der Waals surface area contributed by atoms with Crippen molar-refractivity contribution >= 4 is 22.4 Å². The summed E-state index contributed by atoms with van der Waals surface area (Å²) in [7, 11) is 3.65. The molecule has 3 heterocycles. The van der Waals surface area contributed by atoms with Crippen LogP contribution in [-0.4, -0.2) is 66.9 Å². The SMILES string of the molecule is COc1ccc(-c2csc(N(CCCN3CCOCC3)C(=O)c3cc(C)n(C)c3C)n2)cc1. The monoisotopic (exact) mass is 468 g/mol. The van der Waals surface area contributed by atoms with Gasteiger partial charge in [0.1, 0.15) is 5.75 Å². The van der Waals surface area contributed by atoms with Gasteiger partial charge in [0.05, 0.1) is 31.6 Å². The molecule has 1 saturated heterocycles. The minimum Gasteiger partial charge on any atom is -0.497 e. The number of amides is 1. The Morgan fingerprint density at radius 1 is 1.21 bits per heavy atom. The maximum absolute atomic E-state index is 13.7. The summed E-state index contributed by atoms with van der Waals surface area (Å²) in [5.41, 5.74) is 4.66. The fourth-order valence-corrected chi connectivity index (χ4v) is 4.92. The van der Waals surface area contributed by atoms with E-state index in [9.17, 15) is 4.79 Å². The quantitative estimate of drug-likeness (QED) is 0.497. The van der Waals surface area contributed by atoms with E-state index in [1.54, 1.807) is 7.11 Å². The van der Waals surface area contributed by atoms with Crippen molar-refractivity contribution < 1.29 is 14.3 Å². The van der Waals surface area contributed by atoms with Crippen molar-refractivity contribution in [2.45, 2.75) is 20.3 Å². The highest BCUT2D eigenvalue weighted by atomic mass is 32.1. The molecule has 3 aromatic rings. The second-order valence-corrected chi connectivity index (χ2v) is 9.19. The number of hydrogen-bond donors (Lipinski definition) is 0. The van der Waals surface area contributed by atoms with Gasteiger partial charge in [-0.2, -0.15) is 0 Å². The second kappa shape index (κ2) is 10.5. The first-order valence-corrected chi connectivity index (χ1v) is 12.2. The summed E-state index contributed by atoms with van der Waals surface area (Å²) in [4.78, 5) is 22.8. The molecule has 0 unspecified atom stereocenters. The van der Waals surface area contributed by atoms with E-state index < -0.39 is 0 Å². The van der Waals surface area contributed by atoms with Crippen molar-refractivity contribution in [1.82, 2.24) is 14.5 Å². The Kier molecular flexibility index (Phi) is 7.47. The van der Waals surface area contributed by atoms with Crippen LogP contribution < -0.4 is 9.64 Å². The average molecular weight is 469 g/mol. The van der Waals surface area contributed by atoms with Crippen LogP contribution in [0.4, 0.5) is 5.13 Å². The lowest BCUT2D eigenvalue weighted by Gasteiger charge is -2.27. The number of aromatic nitrogens is 2. The minimum absolute atomic E-state index is 0.00816. The summed E-state index contributed by atoms with van der Waals surface area (Å²) in [6, 6.07) is 9.82. The number of morpholine rings is 1. The van der Waals surface area contributed by atoms with E-state index in [1.165, 1.54) is 11.3 Å². The van der Waals surface area contributed by atoms with Gasteiger partial charge in [-0.1, -0.05) is 0 Å². The van der Waals surface area contributed by atoms with Crippen molar-refractivity contribution in [3.63, 3.8) is 0 Å². The van der Waals surface area contributed by atoms with Crippen LogP contribution in [0.25, 0.3) is 11.3 Å². The van der Waals surface area contributed by atoms with Crippen LogP contribution in [0.2, 0.25) is 0 Å². The fourth-order valence-electron chi connectivity index (χ4n) is 4.06. The minimum atomic E-state index is 0.00816. The Balaban J connectivity index is 1.56. The number of benzene rings is 1. The molecule has 176 valence electrons. The molecule has 1 amide bonds. The van der Waals surface area contributed by atoms with Crippen LogP contribution in [0.3, 0.4) is 0 Å². The number of carbonyl (C=O) groups excluding carboxylic acids is 1. The lowest BCUT2D eigenvalue weighted by atomic mass is 10.2. The number of anilines is 1. The summed E-state index contributed by atoms with van der Waals surface area (Å²) < 4.78 is 12.8. The summed E-state index contributed by atoms with van der Waals surface area (Å²) in [6.07, 6.45) is 0.883. The first kappa shape index (κ1) is 23.5. The average Bonchev–Trinajstić information content (AvgIpc) is 3.43. The summed E-state index contributed by atoms with van der Waals surface area (Å²) in [6.45, 7) is 9.05.